The molecule has 4 atom stereocenters. The molecular formula is C19H30O2. The Hall–Kier alpha value is -1.05. The van der Waals surface area contributed by atoms with Crippen LogP contribution in [0.25, 0.3) is 0 Å². The summed E-state index contributed by atoms with van der Waals surface area (Å²) in [6, 6.07) is 0. The van der Waals surface area contributed by atoms with Crippen molar-refractivity contribution >= 4 is 5.97 Å². The molecule has 2 rings (SSSR count). The van der Waals surface area contributed by atoms with Crippen LogP contribution in [0.5, 0.6) is 0 Å². The summed E-state index contributed by atoms with van der Waals surface area (Å²) in [5.74, 6) is 2.35. The molecule has 3 unspecified atom stereocenters. The summed E-state index contributed by atoms with van der Waals surface area (Å²) in [5.41, 5.74) is 1.59. The molecule has 0 aromatic carbocycles. The highest BCUT2D eigenvalue weighted by molar-refractivity contribution is 5.66. The normalized spacial score (nSPS) is 31.6. The molecular weight excluding hydrogens is 260 g/mol. The van der Waals surface area contributed by atoms with Crippen molar-refractivity contribution in [1.82, 2.24) is 0 Å². The van der Waals surface area contributed by atoms with Crippen molar-refractivity contribution in [3.8, 4) is 0 Å². The van der Waals surface area contributed by atoms with Crippen LogP contribution in [0.1, 0.15) is 65.2 Å². The van der Waals surface area contributed by atoms with Crippen molar-refractivity contribution in [2.24, 2.45) is 23.7 Å². The van der Waals surface area contributed by atoms with Gasteiger partial charge in [0.25, 0.3) is 0 Å². The van der Waals surface area contributed by atoms with E-state index in [9.17, 15) is 4.79 Å². The van der Waals surface area contributed by atoms with Gasteiger partial charge in [0.15, 0.2) is 0 Å². The fraction of sp³-hybridized carbons (Fsp3) is 0.737. The van der Waals surface area contributed by atoms with Crippen LogP contribution in [-0.2, 0) is 4.79 Å². The molecule has 0 aromatic rings. The number of hydrogen-bond acceptors (Lipinski definition) is 1. The van der Waals surface area contributed by atoms with E-state index in [2.05, 4.69) is 32.1 Å². The lowest BCUT2D eigenvalue weighted by Crippen LogP contribution is -2.28. The Morgan fingerprint density at radius 2 is 1.95 bits per heavy atom. The highest BCUT2D eigenvalue weighted by Crippen LogP contribution is 2.43. The van der Waals surface area contributed by atoms with Gasteiger partial charge in [-0.1, -0.05) is 51.3 Å². The van der Waals surface area contributed by atoms with Crippen molar-refractivity contribution in [1.29, 1.82) is 0 Å². The second-order valence-electron chi connectivity index (χ2n) is 7.06. The summed E-state index contributed by atoms with van der Waals surface area (Å²) in [6.45, 7) is 4.69. The lowest BCUT2D eigenvalue weighted by molar-refractivity contribution is -0.137. The molecule has 0 saturated carbocycles. The molecule has 0 saturated heterocycles. The average Bonchev–Trinajstić information content (AvgIpc) is 2.44. The van der Waals surface area contributed by atoms with E-state index >= 15 is 0 Å². The van der Waals surface area contributed by atoms with Crippen molar-refractivity contribution in [2.45, 2.75) is 65.2 Å². The van der Waals surface area contributed by atoms with Gasteiger partial charge in [-0.2, -0.15) is 0 Å². The third kappa shape index (κ3) is 4.72. The van der Waals surface area contributed by atoms with Crippen LogP contribution in [0.4, 0.5) is 0 Å². The molecule has 0 spiro atoms. The number of unbranched alkanes of at least 4 members (excludes halogenated alkanes) is 3. The first-order valence-corrected chi connectivity index (χ1v) is 8.69. The zero-order chi connectivity index (χ0) is 15.2. The van der Waals surface area contributed by atoms with Crippen LogP contribution in [0.3, 0.4) is 0 Å². The number of carbonyl (C=O) groups is 1. The Morgan fingerprint density at radius 1 is 1.19 bits per heavy atom. The zero-order valence-corrected chi connectivity index (χ0v) is 13.6. The molecule has 2 heteroatoms. The van der Waals surface area contributed by atoms with E-state index in [1.807, 2.05) is 0 Å². The van der Waals surface area contributed by atoms with Crippen molar-refractivity contribution in [3.63, 3.8) is 0 Å². The molecule has 0 aliphatic heterocycles. The first-order chi connectivity index (χ1) is 10.1. The summed E-state index contributed by atoms with van der Waals surface area (Å²) in [7, 11) is 0. The summed E-state index contributed by atoms with van der Waals surface area (Å²) in [5, 5.41) is 8.65. The smallest absolute Gasteiger partial charge is 0.303 e. The van der Waals surface area contributed by atoms with Gasteiger partial charge < -0.3 is 5.11 Å². The lowest BCUT2D eigenvalue weighted by Gasteiger charge is -2.38. The van der Waals surface area contributed by atoms with Crippen molar-refractivity contribution < 1.29 is 9.90 Å². The molecule has 0 fully saturated rings. The largest absolute Gasteiger partial charge is 0.481 e. The molecule has 2 aliphatic rings. The Labute approximate surface area is 129 Å². The number of allylic oxidation sites excluding steroid dienone is 4. The number of hydrogen-bond donors (Lipinski definition) is 1. The van der Waals surface area contributed by atoms with Crippen molar-refractivity contribution in [3.05, 3.63) is 23.8 Å². The maximum Gasteiger partial charge on any atom is 0.303 e. The second-order valence-corrected chi connectivity index (χ2v) is 7.06. The molecule has 1 N–H and O–H groups in total. The summed E-state index contributed by atoms with van der Waals surface area (Å²) >= 11 is 0. The van der Waals surface area contributed by atoms with Gasteiger partial charge in [-0.05, 0) is 54.9 Å². The summed E-state index contributed by atoms with van der Waals surface area (Å²) < 4.78 is 0. The predicted octanol–water partition coefficient (Wildman–Crippen LogP) is 5.21. The zero-order valence-electron chi connectivity index (χ0n) is 13.6. The minimum atomic E-state index is -0.660. The minimum absolute atomic E-state index is 0.329. The number of carboxylic acids is 1. The third-order valence-electron chi connectivity index (χ3n) is 5.30. The summed E-state index contributed by atoms with van der Waals surface area (Å²) in [6.07, 6.45) is 15.9. The van der Waals surface area contributed by atoms with Crippen LogP contribution in [-0.4, -0.2) is 11.1 Å². The Bertz CT molecular complexity index is 408. The Balaban J connectivity index is 1.78. The molecule has 2 nitrogen and oxygen atoms in total. The van der Waals surface area contributed by atoms with Crippen LogP contribution in [0.15, 0.2) is 23.8 Å². The lowest BCUT2D eigenvalue weighted by atomic mass is 9.67. The topological polar surface area (TPSA) is 37.3 Å². The minimum Gasteiger partial charge on any atom is -0.481 e. The van der Waals surface area contributed by atoms with Crippen LogP contribution >= 0.6 is 0 Å². The van der Waals surface area contributed by atoms with Gasteiger partial charge in [-0.3, -0.25) is 4.79 Å². The fourth-order valence-electron chi connectivity index (χ4n) is 4.03. The number of fused-ring (bicyclic) bond motifs is 1. The Kier molecular flexibility index (Phi) is 6.08. The highest BCUT2D eigenvalue weighted by atomic mass is 16.4. The SMILES string of the molecule is CC1C=C2C=CC(C)[C@H](CCCCCCC(=O)O)C2CC1. The maximum atomic E-state index is 10.5. The van der Waals surface area contributed by atoms with E-state index in [1.165, 1.54) is 32.1 Å². The summed E-state index contributed by atoms with van der Waals surface area (Å²) in [4.78, 5) is 10.5. The van der Waals surface area contributed by atoms with Gasteiger partial charge in [0.05, 0.1) is 0 Å². The molecule has 0 aromatic heterocycles. The van der Waals surface area contributed by atoms with E-state index in [0.29, 0.717) is 12.3 Å². The number of aliphatic carboxylic acids is 1. The second kappa shape index (κ2) is 7.82. The quantitative estimate of drug-likeness (QED) is 0.654. The highest BCUT2D eigenvalue weighted by Gasteiger charge is 2.32. The van der Waals surface area contributed by atoms with E-state index in [4.69, 9.17) is 5.11 Å². The van der Waals surface area contributed by atoms with Gasteiger partial charge in [0.1, 0.15) is 0 Å². The fourth-order valence-corrected chi connectivity index (χ4v) is 4.03. The van der Waals surface area contributed by atoms with E-state index in [-0.39, 0.29) is 0 Å². The number of carboxylic acid groups (broad SMARTS) is 1. The van der Waals surface area contributed by atoms with Crippen LogP contribution < -0.4 is 0 Å². The van der Waals surface area contributed by atoms with E-state index < -0.39 is 5.97 Å². The average molecular weight is 290 g/mol. The molecule has 0 bridgehead atoms. The monoisotopic (exact) mass is 290 g/mol. The molecule has 118 valence electrons. The van der Waals surface area contributed by atoms with Gasteiger partial charge in [0.2, 0.25) is 0 Å². The van der Waals surface area contributed by atoms with E-state index in [1.54, 1.807) is 5.57 Å². The third-order valence-corrected chi connectivity index (χ3v) is 5.30. The van der Waals surface area contributed by atoms with E-state index in [0.717, 1.165) is 30.6 Å². The molecule has 0 amide bonds. The molecule has 2 aliphatic carbocycles. The molecule has 21 heavy (non-hydrogen) atoms. The van der Waals surface area contributed by atoms with Gasteiger partial charge >= 0.3 is 5.97 Å². The predicted molar refractivity (Wildman–Crippen MR) is 87.1 cm³/mol. The standard InChI is InChI=1S/C19H30O2/c1-14-9-12-18-16(13-14)11-10-15(2)17(18)7-5-3-4-6-8-19(20)21/h10-11,13-15,17-18H,3-9,12H2,1-2H3,(H,20,21)/t14?,15?,17-,18?/m0/s1. The maximum absolute atomic E-state index is 10.5. The Morgan fingerprint density at radius 3 is 2.71 bits per heavy atom. The van der Waals surface area contributed by atoms with Crippen molar-refractivity contribution in [2.75, 3.05) is 0 Å². The van der Waals surface area contributed by atoms with Crippen LogP contribution in [0.2, 0.25) is 0 Å². The molecule has 0 radical (unpaired) electrons. The van der Waals surface area contributed by atoms with Gasteiger partial charge in [-0.15, -0.1) is 0 Å². The van der Waals surface area contributed by atoms with Gasteiger partial charge in [0, 0.05) is 6.42 Å². The first kappa shape index (κ1) is 16.3. The van der Waals surface area contributed by atoms with Gasteiger partial charge in [-0.25, -0.2) is 0 Å². The number of rotatable bonds is 7. The van der Waals surface area contributed by atoms with Crippen LogP contribution in [0, 0.1) is 23.7 Å². The molecule has 0 heterocycles. The first-order valence-electron chi connectivity index (χ1n) is 8.69.